The average molecular weight is 484 g/mol. The summed E-state index contributed by atoms with van der Waals surface area (Å²) >= 11 is 0. The topological polar surface area (TPSA) is 77.6 Å². The molecule has 7 nitrogen and oxygen atoms in total. The van der Waals surface area contributed by atoms with Crippen molar-refractivity contribution in [2.75, 3.05) is 20.3 Å². The molecule has 1 aliphatic rings. The van der Waals surface area contributed by atoms with Crippen LogP contribution >= 0.6 is 0 Å². The first kappa shape index (κ1) is 24.7. The molecule has 4 rings (SSSR count). The molecule has 0 aliphatic carbocycles. The van der Waals surface area contributed by atoms with Crippen molar-refractivity contribution >= 4 is 0 Å². The quantitative estimate of drug-likeness (QED) is 0.469. The predicted octanol–water partition coefficient (Wildman–Crippen LogP) is 4.17. The van der Waals surface area contributed by atoms with E-state index in [0.717, 1.165) is 41.6 Å². The Bertz CT molecular complexity index is 1160. The highest BCUT2D eigenvalue weighted by atomic mass is 19.1. The number of aryl methyl sites for hydroxylation is 1. The molecule has 0 amide bonds. The van der Waals surface area contributed by atoms with E-state index in [0.29, 0.717) is 24.4 Å². The highest BCUT2D eigenvalue weighted by Crippen LogP contribution is 2.31. The second kappa shape index (κ2) is 10.9. The molecule has 0 radical (unpaired) electrons. The number of halogens is 2. The van der Waals surface area contributed by atoms with Crippen LogP contribution in [0.4, 0.5) is 8.78 Å². The van der Waals surface area contributed by atoms with Crippen LogP contribution in [0.25, 0.3) is 5.69 Å². The molecule has 2 unspecified atom stereocenters. The number of nitrogens with zero attached hydrogens (tertiary/aromatic N) is 3. The van der Waals surface area contributed by atoms with Crippen LogP contribution in [0.1, 0.15) is 35.7 Å². The lowest BCUT2D eigenvalue weighted by Crippen LogP contribution is -2.43. The van der Waals surface area contributed by atoms with Gasteiger partial charge in [0.15, 0.2) is 0 Å². The van der Waals surface area contributed by atoms with Gasteiger partial charge in [-0.2, -0.15) is 0 Å². The van der Waals surface area contributed by atoms with Crippen LogP contribution in [-0.4, -0.2) is 40.8 Å². The van der Waals surface area contributed by atoms with E-state index in [2.05, 4.69) is 27.8 Å². The molecule has 3 aromatic rings. The van der Waals surface area contributed by atoms with E-state index >= 15 is 0 Å². The van der Waals surface area contributed by atoms with Gasteiger partial charge in [-0.1, -0.05) is 12.6 Å². The minimum absolute atomic E-state index is 0.0195. The minimum Gasteiger partial charge on any atom is -0.495 e. The maximum atomic E-state index is 13.7. The van der Waals surface area contributed by atoms with Gasteiger partial charge in [0.05, 0.1) is 49.3 Å². The summed E-state index contributed by atoms with van der Waals surface area (Å²) in [5.74, 6) is 5.64. The zero-order valence-electron chi connectivity index (χ0n) is 20.0. The third kappa shape index (κ3) is 5.80. The summed E-state index contributed by atoms with van der Waals surface area (Å²) in [5.41, 5.74) is 3.45. The molecule has 1 fully saturated rings. The van der Waals surface area contributed by atoms with Gasteiger partial charge in [0.1, 0.15) is 17.4 Å². The SMILES string of the molecule is C=C1NC(c2ccc(-n3cnc(C)c3)c(OC)c2)CCCN1C(CON)Cc1cc(F)cc(F)c1. The molecule has 1 aliphatic heterocycles. The summed E-state index contributed by atoms with van der Waals surface area (Å²) < 4.78 is 35.1. The Hall–Kier alpha value is -3.43. The van der Waals surface area contributed by atoms with E-state index in [1.165, 1.54) is 12.1 Å². The van der Waals surface area contributed by atoms with Crippen LogP contribution in [0.15, 0.2) is 61.3 Å². The van der Waals surface area contributed by atoms with Gasteiger partial charge in [-0.25, -0.2) is 19.7 Å². The van der Waals surface area contributed by atoms with E-state index in [9.17, 15) is 8.78 Å². The standard InChI is InChI=1S/C26H31F2N5O2/c1-17-14-32(16-30-17)25-7-6-20(12-26(25)34-3)24-5-4-8-33(18(2)31-24)23(15-35-29)11-19-9-21(27)13-22(28)10-19/h6-7,9-10,12-14,16,23-24,31H,2,4-5,8,11,15,29H2,1,3H3. The van der Waals surface area contributed by atoms with Crippen LogP contribution < -0.4 is 16.0 Å². The van der Waals surface area contributed by atoms with Crippen molar-refractivity contribution in [3.63, 3.8) is 0 Å². The Morgan fingerprint density at radius 1 is 1.23 bits per heavy atom. The van der Waals surface area contributed by atoms with Gasteiger partial charge < -0.3 is 24.4 Å². The maximum Gasteiger partial charge on any atom is 0.143 e. The van der Waals surface area contributed by atoms with Gasteiger partial charge >= 0.3 is 0 Å². The summed E-state index contributed by atoms with van der Waals surface area (Å²) in [4.78, 5) is 11.3. The molecule has 1 aromatic heterocycles. The lowest BCUT2D eigenvalue weighted by molar-refractivity contribution is 0.0721. The van der Waals surface area contributed by atoms with Gasteiger partial charge in [-0.3, -0.25) is 0 Å². The molecule has 2 heterocycles. The fourth-order valence-electron chi connectivity index (χ4n) is 4.66. The van der Waals surface area contributed by atoms with Gasteiger partial charge in [-0.15, -0.1) is 0 Å². The molecule has 186 valence electrons. The molecule has 0 spiro atoms. The second-order valence-corrected chi connectivity index (χ2v) is 8.80. The van der Waals surface area contributed by atoms with E-state index in [-0.39, 0.29) is 18.7 Å². The first-order valence-corrected chi connectivity index (χ1v) is 11.6. The van der Waals surface area contributed by atoms with Crippen LogP contribution in [0.5, 0.6) is 5.75 Å². The Morgan fingerprint density at radius 2 is 2.00 bits per heavy atom. The van der Waals surface area contributed by atoms with Crippen LogP contribution in [0.3, 0.4) is 0 Å². The zero-order valence-corrected chi connectivity index (χ0v) is 20.0. The third-order valence-electron chi connectivity index (χ3n) is 6.30. The van der Waals surface area contributed by atoms with Crippen LogP contribution in [-0.2, 0) is 11.3 Å². The van der Waals surface area contributed by atoms with Crippen molar-refractivity contribution in [3.05, 3.63) is 89.8 Å². The number of aromatic nitrogens is 2. The van der Waals surface area contributed by atoms with Crippen molar-refractivity contribution in [2.24, 2.45) is 5.90 Å². The number of nitrogens with one attached hydrogen (secondary N) is 1. The van der Waals surface area contributed by atoms with Crippen molar-refractivity contribution < 1.29 is 18.4 Å². The summed E-state index contributed by atoms with van der Waals surface area (Å²) in [6, 6.07) is 9.43. The van der Waals surface area contributed by atoms with Crippen LogP contribution in [0, 0.1) is 18.6 Å². The summed E-state index contributed by atoms with van der Waals surface area (Å²) in [6.07, 6.45) is 5.82. The summed E-state index contributed by atoms with van der Waals surface area (Å²) in [6.45, 7) is 7.09. The molecule has 3 N–H and O–H groups in total. The van der Waals surface area contributed by atoms with E-state index in [1.54, 1.807) is 13.4 Å². The molecule has 35 heavy (non-hydrogen) atoms. The number of imidazole rings is 1. The highest BCUT2D eigenvalue weighted by molar-refractivity contribution is 5.50. The zero-order chi connectivity index (χ0) is 24.9. The Labute approximate surface area is 204 Å². The molecule has 0 saturated carbocycles. The predicted molar refractivity (Wildman–Crippen MR) is 130 cm³/mol. The first-order chi connectivity index (χ1) is 16.9. The number of hydrogen-bond acceptors (Lipinski definition) is 6. The van der Waals surface area contributed by atoms with Crippen molar-refractivity contribution in [1.29, 1.82) is 0 Å². The molecule has 1 saturated heterocycles. The molecular weight excluding hydrogens is 452 g/mol. The van der Waals surface area contributed by atoms with E-state index < -0.39 is 11.6 Å². The Kier molecular flexibility index (Phi) is 7.67. The largest absolute Gasteiger partial charge is 0.495 e. The molecule has 2 atom stereocenters. The van der Waals surface area contributed by atoms with Crippen molar-refractivity contribution in [2.45, 2.75) is 38.3 Å². The second-order valence-electron chi connectivity index (χ2n) is 8.80. The van der Waals surface area contributed by atoms with E-state index in [4.69, 9.17) is 15.5 Å². The first-order valence-electron chi connectivity index (χ1n) is 11.6. The average Bonchev–Trinajstić information content (AvgIpc) is 3.15. The normalized spacial score (nSPS) is 17.1. The van der Waals surface area contributed by atoms with Gasteiger partial charge in [0.2, 0.25) is 0 Å². The fraction of sp³-hybridized carbons (Fsp3) is 0.346. The van der Waals surface area contributed by atoms with Crippen molar-refractivity contribution in [3.8, 4) is 11.4 Å². The Morgan fingerprint density at radius 3 is 2.66 bits per heavy atom. The number of hydrogen-bond donors (Lipinski definition) is 2. The lowest BCUT2D eigenvalue weighted by Gasteiger charge is -2.34. The smallest absolute Gasteiger partial charge is 0.143 e. The van der Waals surface area contributed by atoms with Gasteiger partial charge in [0, 0.05) is 18.8 Å². The summed E-state index contributed by atoms with van der Waals surface area (Å²) in [5, 5.41) is 3.52. The number of ether oxygens (including phenoxy) is 1. The van der Waals surface area contributed by atoms with Crippen molar-refractivity contribution in [1.82, 2.24) is 19.8 Å². The number of rotatable bonds is 8. The molecule has 2 aromatic carbocycles. The number of nitrogens with two attached hydrogens (primary N) is 1. The molecular formula is C26H31F2N5O2. The number of methoxy groups -OCH3 is 1. The third-order valence-corrected chi connectivity index (χ3v) is 6.30. The van der Waals surface area contributed by atoms with Gasteiger partial charge in [0.25, 0.3) is 0 Å². The van der Waals surface area contributed by atoms with E-state index in [1.807, 2.05) is 29.8 Å². The molecule has 9 heteroatoms. The Balaban J connectivity index is 1.52. The van der Waals surface area contributed by atoms with Gasteiger partial charge in [-0.05, 0) is 61.6 Å². The molecule has 0 bridgehead atoms. The maximum absolute atomic E-state index is 13.7. The van der Waals surface area contributed by atoms with Crippen LogP contribution in [0.2, 0.25) is 0 Å². The minimum atomic E-state index is -0.608. The highest BCUT2D eigenvalue weighted by Gasteiger charge is 2.27. The fourth-order valence-corrected chi connectivity index (χ4v) is 4.66. The summed E-state index contributed by atoms with van der Waals surface area (Å²) in [7, 11) is 1.65. The number of benzene rings is 2. The lowest BCUT2D eigenvalue weighted by atomic mass is 10.0. The monoisotopic (exact) mass is 483 g/mol.